The predicted molar refractivity (Wildman–Crippen MR) is 99.4 cm³/mol. The summed E-state index contributed by atoms with van der Waals surface area (Å²) in [6, 6.07) is 11.8. The van der Waals surface area contributed by atoms with Gasteiger partial charge >= 0.3 is 6.18 Å². The predicted octanol–water partition coefficient (Wildman–Crippen LogP) is 5.13. The molecule has 1 amide bonds. The smallest absolute Gasteiger partial charge is 0.416 e. The van der Waals surface area contributed by atoms with Crippen molar-refractivity contribution in [1.82, 2.24) is 9.88 Å². The molecule has 0 saturated carbocycles. The molecule has 29 heavy (non-hydrogen) atoms. The number of nitrogens with one attached hydrogen (secondary N) is 1. The van der Waals surface area contributed by atoms with Crippen molar-refractivity contribution < 1.29 is 26.8 Å². The molecule has 0 aliphatic heterocycles. The molecule has 0 saturated heterocycles. The van der Waals surface area contributed by atoms with E-state index in [-0.39, 0.29) is 19.0 Å². The lowest BCUT2D eigenvalue weighted by Gasteiger charge is -2.12. The first kappa shape index (κ1) is 18.9. The molecule has 0 spiro atoms. The Balaban J connectivity index is 1.63. The maximum atomic E-state index is 12.8. The van der Waals surface area contributed by atoms with E-state index in [0.29, 0.717) is 33.9 Å². The zero-order chi connectivity index (χ0) is 20.6. The SMILES string of the molecule is Cc1cc2c(cc(C(=O)NCc3ccco3)n2Cc2ccc(C(F)(F)F)cc2)o1. The van der Waals surface area contributed by atoms with E-state index in [1.165, 1.54) is 18.4 Å². The molecule has 1 aromatic carbocycles. The third-order valence-corrected chi connectivity index (χ3v) is 4.57. The standard InChI is InChI=1S/C21H17F3N2O3/c1-13-9-17-19(29-13)10-18(20(27)25-11-16-3-2-8-28-16)26(17)12-14-4-6-15(7-5-14)21(22,23)24/h2-10H,11-12H2,1H3,(H,25,27). The summed E-state index contributed by atoms with van der Waals surface area (Å²) in [7, 11) is 0. The van der Waals surface area contributed by atoms with Crippen LogP contribution in [-0.4, -0.2) is 10.5 Å². The molecular weight excluding hydrogens is 385 g/mol. The van der Waals surface area contributed by atoms with Crippen LogP contribution in [0.15, 0.2) is 63.6 Å². The molecule has 5 nitrogen and oxygen atoms in total. The lowest BCUT2D eigenvalue weighted by atomic mass is 10.1. The Bertz CT molecular complexity index is 1140. The zero-order valence-corrected chi connectivity index (χ0v) is 15.4. The highest BCUT2D eigenvalue weighted by molar-refractivity contribution is 5.97. The Labute approximate surface area is 163 Å². The van der Waals surface area contributed by atoms with Crippen molar-refractivity contribution in [2.24, 2.45) is 0 Å². The summed E-state index contributed by atoms with van der Waals surface area (Å²) in [4.78, 5) is 12.7. The molecule has 0 atom stereocenters. The summed E-state index contributed by atoms with van der Waals surface area (Å²) in [5.74, 6) is 0.954. The summed E-state index contributed by atoms with van der Waals surface area (Å²) < 4.78 is 51.0. The molecule has 4 rings (SSSR count). The number of hydrogen-bond donors (Lipinski definition) is 1. The van der Waals surface area contributed by atoms with E-state index >= 15 is 0 Å². The van der Waals surface area contributed by atoms with Gasteiger partial charge in [-0.1, -0.05) is 12.1 Å². The van der Waals surface area contributed by atoms with Gasteiger partial charge in [-0.05, 0) is 36.8 Å². The van der Waals surface area contributed by atoms with Gasteiger partial charge in [0.15, 0.2) is 5.58 Å². The van der Waals surface area contributed by atoms with E-state index in [0.717, 1.165) is 12.1 Å². The third kappa shape index (κ3) is 3.91. The lowest BCUT2D eigenvalue weighted by Crippen LogP contribution is -2.25. The minimum atomic E-state index is -4.39. The minimum Gasteiger partial charge on any atom is -0.467 e. The number of alkyl halides is 3. The number of carbonyl (C=O) groups excluding carboxylic acids is 1. The number of fused-ring (bicyclic) bond motifs is 1. The average Bonchev–Trinajstić information content (AvgIpc) is 3.37. The number of furan rings is 2. The number of nitrogens with zero attached hydrogens (tertiary/aromatic N) is 1. The van der Waals surface area contributed by atoms with Crippen LogP contribution in [0.2, 0.25) is 0 Å². The van der Waals surface area contributed by atoms with Crippen molar-refractivity contribution in [3.8, 4) is 0 Å². The Morgan fingerprint density at radius 1 is 1.14 bits per heavy atom. The van der Waals surface area contributed by atoms with Crippen LogP contribution in [0.1, 0.15) is 33.1 Å². The van der Waals surface area contributed by atoms with E-state index in [2.05, 4.69) is 5.32 Å². The Hall–Kier alpha value is -3.42. The summed E-state index contributed by atoms with van der Waals surface area (Å²) in [6.45, 7) is 2.24. The van der Waals surface area contributed by atoms with Gasteiger partial charge in [0.1, 0.15) is 17.2 Å². The van der Waals surface area contributed by atoms with Crippen molar-refractivity contribution in [2.75, 3.05) is 0 Å². The largest absolute Gasteiger partial charge is 0.467 e. The molecule has 0 radical (unpaired) electrons. The van der Waals surface area contributed by atoms with Gasteiger partial charge in [-0.15, -0.1) is 0 Å². The first-order valence-electron chi connectivity index (χ1n) is 8.87. The molecule has 3 aromatic heterocycles. The van der Waals surface area contributed by atoms with Gasteiger partial charge in [-0.2, -0.15) is 13.2 Å². The van der Waals surface area contributed by atoms with Crippen LogP contribution in [0.4, 0.5) is 13.2 Å². The van der Waals surface area contributed by atoms with E-state index in [9.17, 15) is 18.0 Å². The van der Waals surface area contributed by atoms with E-state index in [1.807, 2.05) is 0 Å². The lowest BCUT2D eigenvalue weighted by molar-refractivity contribution is -0.137. The second-order valence-corrected chi connectivity index (χ2v) is 6.68. The number of halogens is 3. The Morgan fingerprint density at radius 2 is 1.90 bits per heavy atom. The minimum absolute atomic E-state index is 0.220. The molecule has 1 N–H and O–H groups in total. The molecule has 0 aliphatic rings. The van der Waals surface area contributed by atoms with Crippen molar-refractivity contribution >= 4 is 17.0 Å². The van der Waals surface area contributed by atoms with Crippen LogP contribution in [0, 0.1) is 6.92 Å². The van der Waals surface area contributed by atoms with Gasteiger partial charge in [0, 0.05) is 18.7 Å². The maximum absolute atomic E-state index is 12.8. The summed E-state index contributed by atoms with van der Waals surface area (Å²) in [5.41, 5.74) is 1.51. The molecule has 0 aliphatic carbocycles. The molecule has 8 heteroatoms. The van der Waals surface area contributed by atoms with Gasteiger partial charge < -0.3 is 18.7 Å². The fourth-order valence-electron chi connectivity index (χ4n) is 3.18. The monoisotopic (exact) mass is 402 g/mol. The van der Waals surface area contributed by atoms with Crippen LogP contribution in [-0.2, 0) is 19.3 Å². The highest BCUT2D eigenvalue weighted by Crippen LogP contribution is 2.30. The van der Waals surface area contributed by atoms with Crippen LogP contribution in [0.3, 0.4) is 0 Å². The number of aromatic nitrogens is 1. The summed E-state index contributed by atoms with van der Waals surface area (Å²) >= 11 is 0. The van der Waals surface area contributed by atoms with E-state index < -0.39 is 11.7 Å². The fourth-order valence-corrected chi connectivity index (χ4v) is 3.18. The number of benzene rings is 1. The van der Waals surface area contributed by atoms with Gasteiger partial charge in [0.05, 0.1) is 23.9 Å². The summed E-state index contributed by atoms with van der Waals surface area (Å²) in [6.07, 6.45) is -2.87. The quantitative estimate of drug-likeness (QED) is 0.503. The number of hydrogen-bond acceptors (Lipinski definition) is 3. The third-order valence-electron chi connectivity index (χ3n) is 4.57. The number of aryl methyl sites for hydroxylation is 1. The van der Waals surface area contributed by atoms with Crippen LogP contribution >= 0.6 is 0 Å². The van der Waals surface area contributed by atoms with E-state index in [1.54, 1.807) is 35.8 Å². The average molecular weight is 402 g/mol. The van der Waals surface area contributed by atoms with Crippen molar-refractivity contribution in [1.29, 1.82) is 0 Å². The van der Waals surface area contributed by atoms with Crippen molar-refractivity contribution in [3.63, 3.8) is 0 Å². The van der Waals surface area contributed by atoms with Crippen LogP contribution in [0.25, 0.3) is 11.1 Å². The molecule has 3 heterocycles. The fraction of sp³-hybridized carbons (Fsp3) is 0.190. The maximum Gasteiger partial charge on any atom is 0.416 e. The Morgan fingerprint density at radius 3 is 2.55 bits per heavy atom. The van der Waals surface area contributed by atoms with E-state index in [4.69, 9.17) is 8.83 Å². The van der Waals surface area contributed by atoms with Gasteiger partial charge in [0.25, 0.3) is 5.91 Å². The van der Waals surface area contributed by atoms with Gasteiger partial charge in [-0.3, -0.25) is 4.79 Å². The molecular formula is C21H17F3N2O3. The van der Waals surface area contributed by atoms with Gasteiger partial charge in [0.2, 0.25) is 0 Å². The van der Waals surface area contributed by atoms with Crippen LogP contribution in [0.5, 0.6) is 0 Å². The molecule has 0 fully saturated rings. The highest BCUT2D eigenvalue weighted by atomic mass is 19.4. The van der Waals surface area contributed by atoms with Gasteiger partial charge in [-0.25, -0.2) is 0 Å². The molecule has 4 aromatic rings. The van der Waals surface area contributed by atoms with Crippen LogP contribution < -0.4 is 5.32 Å². The zero-order valence-electron chi connectivity index (χ0n) is 15.4. The second-order valence-electron chi connectivity index (χ2n) is 6.68. The first-order valence-corrected chi connectivity index (χ1v) is 8.87. The van der Waals surface area contributed by atoms with Crippen molar-refractivity contribution in [3.05, 3.63) is 83.1 Å². The molecule has 150 valence electrons. The summed E-state index contributed by atoms with van der Waals surface area (Å²) in [5, 5.41) is 2.78. The van der Waals surface area contributed by atoms with Crippen molar-refractivity contribution in [2.45, 2.75) is 26.2 Å². The topological polar surface area (TPSA) is 60.3 Å². The Kier molecular flexibility index (Phi) is 4.70. The number of amides is 1. The molecule has 0 bridgehead atoms. The number of rotatable bonds is 5. The second kappa shape index (κ2) is 7.20. The number of carbonyl (C=O) groups is 1. The first-order chi connectivity index (χ1) is 13.8. The molecule has 0 unspecified atom stereocenters. The highest BCUT2D eigenvalue weighted by Gasteiger charge is 2.30. The normalized spacial score (nSPS) is 11.9.